The minimum atomic E-state index is 0.182. The van der Waals surface area contributed by atoms with E-state index in [1.807, 2.05) is 35.0 Å². The zero-order chi connectivity index (χ0) is 22.4. The van der Waals surface area contributed by atoms with Crippen LogP contribution >= 0.6 is 35.8 Å². The Morgan fingerprint density at radius 3 is 2.71 bits per heavy atom. The fraction of sp³-hybridized carbons (Fsp3) is 0.348. The van der Waals surface area contributed by atoms with Gasteiger partial charge in [-0.05, 0) is 61.9 Å². The van der Waals surface area contributed by atoms with Crippen molar-refractivity contribution < 1.29 is 9.47 Å². The molecule has 5 nitrogen and oxygen atoms in total. The van der Waals surface area contributed by atoms with Crippen LogP contribution in [0.15, 0.2) is 42.6 Å². The summed E-state index contributed by atoms with van der Waals surface area (Å²) in [4.78, 5) is 0. The van der Waals surface area contributed by atoms with Crippen molar-refractivity contribution in [3.63, 3.8) is 0 Å². The number of nitriles is 1. The molecule has 1 aliphatic rings. The number of thiol groups is 1. The highest BCUT2D eigenvalue weighted by atomic mass is 35.5. The first kappa shape index (κ1) is 23.6. The lowest BCUT2D eigenvalue weighted by Crippen LogP contribution is -2.19. The van der Waals surface area contributed by atoms with Crippen LogP contribution in [0.25, 0.3) is 16.6 Å². The number of ether oxygens (including phenoxy) is 2. The SMILES string of the molecule is CS.N#Cc1cc(-n2ccc3cc(OC4CCC(N)C4)ccc32)cc(Cl)c1OCCCl. The van der Waals surface area contributed by atoms with Gasteiger partial charge in [0.05, 0.1) is 22.0 Å². The van der Waals surface area contributed by atoms with E-state index < -0.39 is 0 Å². The highest BCUT2D eigenvalue weighted by Crippen LogP contribution is 2.34. The molecule has 0 radical (unpaired) electrons. The topological polar surface area (TPSA) is 73.2 Å². The van der Waals surface area contributed by atoms with Crippen molar-refractivity contribution in [2.45, 2.75) is 31.4 Å². The van der Waals surface area contributed by atoms with Gasteiger partial charge < -0.3 is 19.8 Å². The minimum absolute atomic E-state index is 0.182. The van der Waals surface area contributed by atoms with Crippen molar-refractivity contribution in [3.8, 4) is 23.3 Å². The second-order valence-electron chi connectivity index (χ2n) is 7.17. The zero-order valence-electron chi connectivity index (χ0n) is 17.2. The lowest BCUT2D eigenvalue weighted by Gasteiger charge is -2.14. The van der Waals surface area contributed by atoms with Crippen LogP contribution in [0.3, 0.4) is 0 Å². The average Bonchev–Trinajstić information content (AvgIpc) is 3.39. The van der Waals surface area contributed by atoms with E-state index in [4.69, 9.17) is 38.4 Å². The van der Waals surface area contributed by atoms with Crippen LogP contribution in [0.4, 0.5) is 0 Å². The van der Waals surface area contributed by atoms with Gasteiger partial charge in [0, 0.05) is 23.3 Å². The predicted molar refractivity (Wildman–Crippen MR) is 130 cm³/mol. The van der Waals surface area contributed by atoms with Gasteiger partial charge in [0.15, 0.2) is 5.75 Å². The van der Waals surface area contributed by atoms with Gasteiger partial charge in [0.2, 0.25) is 0 Å². The first-order chi connectivity index (χ1) is 15.1. The molecule has 1 fully saturated rings. The Bertz CT molecular complexity index is 1080. The van der Waals surface area contributed by atoms with E-state index in [0.29, 0.717) is 22.2 Å². The summed E-state index contributed by atoms with van der Waals surface area (Å²) in [6.45, 7) is 0.288. The normalized spacial score (nSPS) is 17.7. The largest absolute Gasteiger partial charge is 0.490 e. The lowest BCUT2D eigenvalue weighted by atomic mass is 10.2. The Morgan fingerprint density at radius 2 is 2.03 bits per heavy atom. The molecule has 2 atom stereocenters. The lowest BCUT2D eigenvalue weighted by molar-refractivity contribution is 0.208. The fourth-order valence-corrected chi connectivity index (χ4v) is 4.13. The number of aromatic nitrogens is 1. The van der Waals surface area contributed by atoms with Crippen LogP contribution in [-0.2, 0) is 0 Å². The molecule has 3 aromatic rings. The molecule has 1 aromatic heterocycles. The van der Waals surface area contributed by atoms with E-state index in [9.17, 15) is 5.26 Å². The summed E-state index contributed by atoms with van der Waals surface area (Å²) in [5.74, 6) is 1.53. The molecule has 0 bridgehead atoms. The van der Waals surface area contributed by atoms with Crippen molar-refractivity contribution in [2.24, 2.45) is 5.73 Å². The number of alkyl halides is 1. The third kappa shape index (κ3) is 5.42. The van der Waals surface area contributed by atoms with E-state index in [1.165, 1.54) is 0 Å². The second kappa shape index (κ2) is 11.0. The predicted octanol–water partition coefficient (Wildman–Crippen LogP) is 5.58. The minimum Gasteiger partial charge on any atom is -0.490 e. The Hall–Kier alpha value is -2.04. The summed E-state index contributed by atoms with van der Waals surface area (Å²) in [6, 6.07) is 14.0. The summed E-state index contributed by atoms with van der Waals surface area (Å²) < 4.78 is 13.6. The quantitative estimate of drug-likeness (QED) is 0.359. The highest BCUT2D eigenvalue weighted by Gasteiger charge is 2.23. The molecular formula is C23H25Cl2N3O2S. The van der Waals surface area contributed by atoms with Crippen molar-refractivity contribution in [1.82, 2.24) is 4.57 Å². The standard InChI is InChI=1S/C22H21Cl2N3O2.CH4S/c23-6-8-28-22-15(13-25)9-17(12-20(22)24)27-7-5-14-10-18(3-4-21(14)27)29-19-2-1-16(26)11-19;1-2/h3-5,7,9-10,12,16,19H,1-2,6,8,11,26H2;2H,1H3. The van der Waals surface area contributed by atoms with E-state index in [2.05, 4.69) is 18.7 Å². The summed E-state index contributed by atoms with van der Waals surface area (Å²) in [7, 11) is 0. The van der Waals surface area contributed by atoms with Crippen molar-refractivity contribution in [2.75, 3.05) is 18.7 Å². The third-order valence-electron chi connectivity index (χ3n) is 5.14. The molecule has 0 aliphatic heterocycles. The fourth-order valence-electron chi connectivity index (χ4n) is 3.78. The van der Waals surface area contributed by atoms with E-state index in [1.54, 1.807) is 18.4 Å². The molecule has 2 N–H and O–H groups in total. The van der Waals surface area contributed by atoms with Gasteiger partial charge >= 0.3 is 0 Å². The van der Waals surface area contributed by atoms with Gasteiger partial charge in [-0.1, -0.05) is 11.6 Å². The maximum absolute atomic E-state index is 9.51. The summed E-state index contributed by atoms with van der Waals surface area (Å²) in [6.07, 6.45) is 6.73. The Kier molecular flexibility index (Phi) is 8.39. The van der Waals surface area contributed by atoms with Crippen LogP contribution in [0.5, 0.6) is 11.5 Å². The number of nitrogens with zero attached hydrogens (tertiary/aromatic N) is 2. The van der Waals surface area contributed by atoms with Gasteiger partial charge in [0.1, 0.15) is 24.5 Å². The van der Waals surface area contributed by atoms with Crippen molar-refractivity contribution in [3.05, 3.63) is 53.2 Å². The molecule has 31 heavy (non-hydrogen) atoms. The molecule has 1 saturated carbocycles. The van der Waals surface area contributed by atoms with Gasteiger partial charge in [-0.15, -0.1) is 11.6 Å². The molecule has 1 heterocycles. The molecule has 164 valence electrons. The van der Waals surface area contributed by atoms with E-state index >= 15 is 0 Å². The van der Waals surface area contributed by atoms with Crippen LogP contribution < -0.4 is 15.2 Å². The van der Waals surface area contributed by atoms with Crippen LogP contribution in [0.2, 0.25) is 5.02 Å². The monoisotopic (exact) mass is 477 g/mol. The molecule has 0 saturated heterocycles. The number of hydrogen-bond acceptors (Lipinski definition) is 5. The molecule has 2 aromatic carbocycles. The van der Waals surface area contributed by atoms with Crippen LogP contribution in [0, 0.1) is 11.3 Å². The Morgan fingerprint density at radius 1 is 1.23 bits per heavy atom. The Balaban J connectivity index is 0.00000132. The number of rotatable bonds is 6. The van der Waals surface area contributed by atoms with Crippen LogP contribution in [-0.4, -0.2) is 35.5 Å². The second-order valence-corrected chi connectivity index (χ2v) is 7.96. The smallest absolute Gasteiger partial charge is 0.155 e. The third-order valence-corrected chi connectivity index (χ3v) is 5.58. The highest BCUT2D eigenvalue weighted by molar-refractivity contribution is 7.79. The molecule has 4 rings (SSSR count). The summed E-state index contributed by atoms with van der Waals surface area (Å²) >= 11 is 15.6. The van der Waals surface area contributed by atoms with Crippen LogP contribution in [0.1, 0.15) is 24.8 Å². The van der Waals surface area contributed by atoms with Gasteiger partial charge in [-0.25, -0.2) is 0 Å². The number of fused-ring (bicyclic) bond motifs is 1. The summed E-state index contributed by atoms with van der Waals surface area (Å²) in [5, 5.41) is 10.9. The van der Waals surface area contributed by atoms with Gasteiger partial charge in [-0.2, -0.15) is 17.9 Å². The molecule has 0 amide bonds. The Labute approximate surface area is 198 Å². The number of benzene rings is 2. The number of hydrogen-bond donors (Lipinski definition) is 2. The molecule has 0 spiro atoms. The van der Waals surface area contributed by atoms with Gasteiger partial charge in [-0.3, -0.25) is 0 Å². The first-order valence-corrected chi connectivity index (χ1v) is 11.8. The maximum atomic E-state index is 9.51. The van der Waals surface area contributed by atoms with E-state index in [-0.39, 0.29) is 18.8 Å². The molecule has 8 heteroatoms. The van der Waals surface area contributed by atoms with Crippen molar-refractivity contribution in [1.29, 1.82) is 5.26 Å². The number of halogens is 2. The molecule has 1 aliphatic carbocycles. The first-order valence-electron chi connectivity index (χ1n) is 10.00. The average molecular weight is 478 g/mol. The van der Waals surface area contributed by atoms with E-state index in [0.717, 1.165) is 41.6 Å². The maximum Gasteiger partial charge on any atom is 0.155 e. The number of nitrogens with two attached hydrogens (primary N) is 1. The summed E-state index contributed by atoms with van der Waals surface area (Å²) in [5.41, 5.74) is 8.13. The molecule has 2 unspecified atom stereocenters. The van der Waals surface area contributed by atoms with Crippen molar-refractivity contribution >= 4 is 46.7 Å². The molecular weight excluding hydrogens is 453 g/mol. The zero-order valence-corrected chi connectivity index (χ0v) is 19.6. The van der Waals surface area contributed by atoms with Gasteiger partial charge in [0.25, 0.3) is 0 Å².